The Bertz CT molecular complexity index is 1130. The maximum absolute atomic E-state index is 13.0. The van der Waals surface area contributed by atoms with E-state index in [-0.39, 0.29) is 34.8 Å². The molecule has 2 aliphatic rings. The predicted octanol–water partition coefficient (Wildman–Crippen LogP) is 1.70. The first-order valence-electron chi connectivity index (χ1n) is 8.85. The molecule has 0 amide bonds. The molecule has 0 spiro atoms. The quantitative estimate of drug-likeness (QED) is 0.765. The molecule has 2 heterocycles. The van der Waals surface area contributed by atoms with Crippen molar-refractivity contribution in [1.29, 1.82) is 5.26 Å². The zero-order valence-corrected chi connectivity index (χ0v) is 15.5. The van der Waals surface area contributed by atoms with E-state index in [0.717, 1.165) is 0 Å². The zero-order valence-electron chi connectivity index (χ0n) is 15.5. The molecule has 3 N–H and O–H groups in total. The molecule has 8 nitrogen and oxygen atoms in total. The highest BCUT2D eigenvalue weighted by Crippen LogP contribution is 2.46. The van der Waals surface area contributed by atoms with Crippen molar-refractivity contribution in [2.45, 2.75) is 32.6 Å². The third-order valence-electron chi connectivity index (χ3n) is 5.04. The summed E-state index contributed by atoms with van der Waals surface area (Å²) in [5, 5.41) is 12.3. The highest BCUT2D eigenvalue weighted by atomic mass is 16.5. The summed E-state index contributed by atoms with van der Waals surface area (Å²) >= 11 is 0. The van der Waals surface area contributed by atoms with Gasteiger partial charge in [-0.1, -0.05) is 32.0 Å². The molecule has 0 radical (unpaired) electrons. The number of aromatic nitrogens is 2. The monoisotopic (exact) mass is 379 g/mol. The van der Waals surface area contributed by atoms with Gasteiger partial charge >= 0.3 is 11.3 Å². The number of para-hydroxylation sites is 1. The lowest BCUT2D eigenvalue weighted by Gasteiger charge is -2.35. The van der Waals surface area contributed by atoms with Gasteiger partial charge in [0.2, 0.25) is 11.6 Å². The number of carbonyl (C=O) groups excluding carboxylic acids is 1. The van der Waals surface area contributed by atoms with Crippen LogP contribution in [0.4, 0.5) is 0 Å². The van der Waals surface area contributed by atoms with Crippen LogP contribution in [0, 0.1) is 16.7 Å². The fraction of sp³-hybridized carbons (Fsp3) is 0.300. The Balaban J connectivity index is 1.98. The molecule has 2 aromatic rings. The molecule has 1 aromatic heterocycles. The standard InChI is InChI=1S/C20H18N4O4/c1-20(2)8-13(25)16-14(9-20)27-18(22)12(10-21)15(16)17-19(26)28-23-24(17)11-6-4-3-5-7-11/h3-7,15H,8-9,22H2,1-2H3/p+1. The Hall–Kier alpha value is -3.60. The van der Waals surface area contributed by atoms with E-state index in [2.05, 4.69) is 5.27 Å². The zero-order chi connectivity index (χ0) is 20.1. The summed E-state index contributed by atoms with van der Waals surface area (Å²) in [7, 11) is 0. The van der Waals surface area contributed by atoms with Gasteiger partial charge in [0.15, 0.2) is 5.78 Å². The largest absolute Gasteiger partial charge is 0.444 e. The predicted molar refractivity (Wildman–Crippen MR) is 96.6 cm³/mol. The van der Waals surface area contributed by atoms with E-state index in [0.29, 0.717) is 23.4 Å². The first kappa shape index (κ1) is 17.8. The van der Waals surface area contributed by atoms with Crippen molar-refractivity contribution >= 4 is 5.78 Å². The van der Waals surface area contributed by atoms with Crippen LogP contribution in [0.1, 0.15) is 38.3 Å². The third-order valence-corrected chi connectivity index (χ3v) is 5.04. The molecule has 0 saturated heterocycles. The van der Waals surface area contributed by atoms with E-state index in [9.17, 15) is 14.9 Å². The summed E-state index contributed by atoms with van der Waals surface area (Å²) in [5.41, 5.74) is 6.06. The lowest BCUT2D eigenvalue weighted by atomic mass is 9.71. The van der Waals surface area contributed by atoms with Crippen LogP contribution in [0.5, 0.6) is 0 Å². The van der Waals surface area contributed by atoms with Gasteiger partial charge in [0.25, 0.3) is 0 Å². The van der Waals surface area contributed by atoms with E-state index in [4.69, 9.17) is 15.0 Å². The molecule has 1 aliphatic carbocycles. The minimum Gasteiger partial charge on any atom is -0.444 e. The Morgan fingerprint density at radius 3 is 2.64 bits per heavy atom. The number of nitrogens with one attached hydrogen (secondary N) is 1. The SMILES string of the molecule is CC1(C)CC(=O)C2=C(C1)OC(N)=C(C#N)C2c1c(=O)o[nH][n+]1-c1ccccc1. The number of nitrogens with two attached hydrogens (primary N) is 1. The first-order chi connectivity index (χ1) is 13.3. The molecule has 1 unspecified atom stereocenters. The summed E-state index contributed by atoms with van der Waals surface area (Å²) in [4.78, 5) is 25.6. The van der Waals surface area contributed by atoms with Gasteiger partial charge in [-0.3, -0.25) is 9.32 Å². The van der Waals surface area contributed by atoms with Crippen molar-refractivity contribution in [3.8, 4) is 11.8 Å². The smallest absolute Gasteiger partial charge is 0.431 e. The molecular formula is C20H19N4O4+. The summed E-state index contributed by atoms with van der Waals surface area (Å²) in [6.07, 6.45) is 0.760. The second-order valence-electron chi connectivity index (χ2n) is 7.74. The molecular weight excluding hydrogens is 360 g/mol. The van der Waals surface area contributed by atoms with Gasteiger partial charge in [0.1, 0.15) is 23.3 Å². The molecule has 4 rings (SSSR count). The van der Waals surface area contributed by atoms with Gasteiger partial charge in [-0.25, -0.2) is 4.79 Å². The number of aromatic amines is 1. The Labute approximate surface area is 160 Å². The maximum atomic E-state index is 13.0. The number of allylic oxidation sites excluding steroid dienone is 3. The van der Waals surface area contributed by atoms with Crippen LogP contribution in [0.2, 0.25) is 0 Å². The molecule has 28 heavy (non-hydrogen) atoms. The number of H-pyrrole nitrogens is 1. The lowest BCUT2D eigenvalue weighted by molar-refractivity contribution is -0.677. The second kappa shape index (κ2) is 6.23. The van der Waals surface area contributed by atoms with Crippen LogP contribution in [-0.2, 0) is 9.53 Å². The van der Waals surface area contributed by atoms with Crippen LogP contribution >= 0.6 is 0 Å². The van der Waals surface area contributed by atoms with Gasteiger partial charge in [0.05, 0.1) is 5.57 Å². The van der Waals surface area contributed by atoms with Crippen molar-refractivity contribution in [2.24, 2.45) is 11.1 Å². The Kier molecular flexibility index (Phi) is 3.96. The Morgan fingerprint density at radius 2 is 1.96 bits per heavy atom. The number of hydrogen-bond donors (Lipinski definition) is 2. The highest BCUT2D eigenvalue weighted by molar-refractivity contribution is 5.99. The summed E-state index contributed by atoms with van der Waals surface area (Å²) < 4.78 is 12.1. The number of benzene rings is 1. The van der Waals surface area contributed by atoms with Gasteiger partial charge in [-0.05, 0) is 15.4 Å². The normalized spacial score (nSPS) is 21.2. The van der Waals surface area contributed by atoms with Crippen LogP contribution in [0.25, 0.3) is 5.69 Å². The molecule has 1 aliphatic heterocycles. The number of ketones is 1. The third kappa shape index (κ3) is 2.72. The lowest BCUT2D eigenvalue weighted by Crippen LogP contribution is -2.43. The van der Waals surface area contributed by atoms with Crippen LogP contribution in [-0.4, -0.2) is 11.1 Å². The molecule has 0 fully saturated rings. The number of Topliss-reactive ketones (excluding diaryl/α,β-unsaturated/α-hetero) is 1. The number of hydrogen-bond acceptors (Lipinski definition) is 6. The number of ether oxygens (including phenoxy) is 1. The second-order valence-corrected chi connectivity index (χ2v) is 7.74. The van der Waals surface area contributed by atoms with Gasteiger partial charge in [0, 0.05) is 25.0 Å². The van der Waals surface area contributed by atoms with E-state index in [1.807, 2.05) is 26.0 Å². The van der Waals surface area contributed by atoms with E-state index in [1.54, 1.807) is 24.3 Å². The topological polar surface area (TPSA) is 126 Å². The maximum Gasteiger partial charge on any atom is 0.431 e. The highest BCUT2D eigenvalue weighted by Gasteiger charge is 2.48. The van der Waals surface area contributed by atoms with E-state index < -0.39 is 11.5 Å². The molecule has 0 bridgehead atoms. The molecule has 8 heteroatoms. The van der Waals surface area contributed by atoms with Crippen molar-refractivity contribution in [2.75, 3.05) is 0 Å². The Morgan fingerprint density at radius 1 is 1.25 bits per heavy atom. The number of carbonyl (C=O) groups is 1. The van der Waals surface area contributed by atoms with Crippen molar-refractivity contribution in [1.82, 2.24) is 5.27 Å². The van der Waals surface area contributed by atoms with Gasteiger partial charge in [-0.15, -0.1) is 0 Å². The van der Waals surface area contributed by atoms with Crippen LogP contribution < -0.4 is 16.0 Å². The first-order valence-corrected chi connectivity index (χ1v) is 8.85. The average molecular weight is 379 g/mol. The van der Waals surface area contributed by atoms with Gasteiger partial charge in [-0.2, -0.15) is 5.26 Å². The molecule has 1 aromatic carbocycles. The fourth-order valence-corrected chi connectivity index (χ4v) is 3.85. The molecule has 142 valence electrons. The number of nitrogens with zero attached hydrogens (tertiary/aromatic N) is 2. The van der Waals surface area contributed by atoms with Crippen LogP contribution in [0.3, 0.4) is 0 Å². The van der Waals surface area contributed by atoms with Gasteiger partial charge < -0.3 is 10.5 Å². The van der Waals surface area contributed by atoms with Crippen molar-refractivity contribution < 1.29 is 18.7 Å². The fourth-order valence-electron chi connectivity index (χ4n) is 3.85. The minimum absolute atomic E-state index is 0.0170. The van der Waals surface area contributed by atoms with Crippen LogP contribution in [0.15, 0.2) is 62.4 Å². The summed E-state index contributed by atoms with van der Waals surface area (Å²) in [6, 6.07) is 11.0. The van der Waals surface area contributed by atoms with E-state index in [1.165, 1.54) is 4.68 Å². The van der Waals surface area contributed by atoms with Crippen molar-refractivity contribution in [3.63, 3.8) is 0 Å². The van der Waals surface area contributed by atoms with Crippen molar-refractivity contribution in [3.05, 3.63) is 69.2 Å². The minimum atomic E-state index is -0.958. The average Bonchev–Trinajstić information content (AvgIpc) is 3.01. The number of nitriles is 1. The molecule has 1 atom stereocenters. The molecule has 0 saturated carbocycles. The van der Waals surface area contributed by atoms with E-state index >= 15 is 0 Å². The summed E-state index contributed by atoms with van der Waals surface area (Å²) in [5.74, 6) is -0.823. The number of rotatable bonds is 2. The summed E-state index contributed by atoms with van der Waals surface area (Å²) in [6.45, 7) is 3.92.